The van der Waals surface area contributed by atoms with Gasteiger partial charge in [-0.25, -0.2) is 0 Å². The monoisotopic (exact) mass is 242 g/mol. The van der Waals surface area contributed by atoms with Gasteiger partial charge in [-0.15, -0.1) is 11.3 Å². The molecule has 0 nitrogen and oxygen atoms in total. The largest absolute Gasteiger partial charge is 0.136 e. The van der Waals surface area contributed by atoms with E-state index < -0.39 is 0 Å². The Kier molecular flexibility index (Phi) is 5.44. The highest BCUT2D eigenvalue weighted by atomic mass is 32.1. The van der Waals surface area contributed by atoms with Crippen LogP contribution in [0, 0.1) is 0 Å². The van der Waals surface area contributed by atoms with E-state index in [1.54, 1.807) is 17.4 Å². The number of rotatable bonds is 4. The molecule has 0 aliphatic carbocycles. The van der Waals surface area contributed by atoms with Gasteiger partial charge in [0.25, 0.3) is 0 Å². The Morgan fingerprint density at radius 1 is 1.06 bits per heavy atom. The van der Waals surface area contributed by atoms with Gasteiger partial charge in [-0.05, 0) is 30.7 Å². The second kappa shape index (κ2) is 6.87. The van der Waals surface area contributed by atoms with Gasteiger partial charge in [0.15, 0.2) is 0 Å². The van der Waals surface area contributed by atoms with E-state index in [1.807, 2.05) is 19.1 Å². The summed E-state index contributed by atoms with van der Waals surface area (Å²) < 4.78 is 1.28. The van der Waals surface area contributed by atoms with Gasteiger partial charge >= 0.3 is 0 Å². The molecule has 0 saturated carbocycles. The molecule has 88 valence electrons. The Hall–Kier alpha value is -1.60. The summed E-state index contributed by atoms with van der Waals surface area (Å²) in [5.41, 5.74) is 1.25. The van der Waals surface area contributed by atoms with Crippen molar-refractivity contribution in [2.24, 2.45) is 0 Å². The predicted octanol–water partition coefficient (Wildman–Crippen LogP) is 3.75. The molecular formula is C16H18S. The van der Waals surface area contributed by atoms with E-state index in [1.165, 1.54) is 20.2 Å². The van der Waals surface area contributed by atoms with Crippen LogP contribution >= 0.6 is 11.3 Å². The highest BCUT2D eigenvalue weighted by Crippen LogP contribution is 2.13. The first-order chi connectivity index (χ1) is 8.28. The van der Waals surface area contributed by atoms with Gasteiger partial charge in [-0.1, -0.05) is 55.7 Å². The van der Waals surface area contributed by atoms with Crippen molar-refractivity contribution in [2.75, 3.05) is 0 Å². The lowest BCUT2D eigenvalue weighted by molar-refractivity contribution is 1.62. The van der Waals surface area contributed by atoms with Gasteiger partial charge in [0.05, 0.1) is 0 Å². The van der Waals surface area contributed by atoms with Crippen LogP contribution in [-0.4, -0.2) is 0 Å². The van der Waals surface area contributed by atoms with Crippen molar-refractivity contribution in [3.05, 3.63) is 57.7 Å². The van der Waals surface area contributed by atoms with Crippen molar-refractivity contribution in [3.63, 3.8) is 0 Å². The van der Waals surface area contributed by atoms with Crippen molar-refractivity contribution in [2.45, 2.75) is 13.8 Å². The van der Waals surface area contributed by atoms with Crippen LogP contribution in [0.15, 0.2) is 37.5 Å². The minimum absolute atomic E-state index is 1.24. The van der Waals surface area contributed by atoms with E-state index in [-0.39, 0.29) is 0 Å². The summed E-state index contributed by atoms with van der Waals surface area (Å²) in [7, 11) is 0. The maximum atomic E-state index is 3.78. The third kappa shape index (κ3) is 3.18. The van der Waals surface area contributed by atoms with Crippen LogP contribution in [0.5, 0.6) is 0 Å². The molecular weight excluding hydrogens is 224 g/mol. The van der Waals surface area contributed by atoms with Gasteiger partial charge in [0.1, 0.15) is 0 Å². The molecule has 1 rings (SSSR count). The average molecular weight is 242 g/mol. The first kappa shape index (κ1) is 13.5. The zero-order valence-electron chi connectivity index (χ0n) is 10.4. The van der Waals surface area contributed by atoms with Crippen molar-refractivity contribution in [3.8, 4) is 0 Å². The lowest BCUT2D eigenvalue weighted by Gasteiger charge is -1.91. The maximum absolute atomic E-state index is 3.78. The summed E-state index contributed by atoms with van der Waals surface area (Å²) in [6, 6.07) is 0. The van der Waals surface area contributed by atoms with E-state index in [2.05, 4.69) is 50.5 Å². The van der Waals surface area contributed by atoms with Crippen LogP contribution in [0.3, 0.4) is 0 Å². The lowest BCUT2D eigenvalue weighted by atomic mass is 10.1. The molecule has 1 heteroatoms. The molecule has 0 aromatic carbocycles. The number of hydrogen-bond donors (Lipinski definition) is 0. The molecule has 0 saturated heterocycles. The van der Waals surface area contributed by atoms with Gasteiger partial charge in [-0.2, -0.15) is 0 Å². The Morgan fingerprint density at radius 2 is 1.82 bits per heavy atom. The lowest BCUT2D eigenvalue weighted by Crippen LogP contribution is -2.19. The Morgan fingerprint density at radius 3 is 2.35 bits per heavy atom. The first-order valence-electron chi connectivity index (χ1n) is 5.62. The van der Waals surface area contributed by atoms with Gasteiger partial charge in [-0.3, -0.25) is 0 Å². The molecule has 0 fully saturated rings. The highest BCUT2D eigenvalue weighted by molar-refractivity contribution is 7.11. The molecule has 0 atom stereocenters. The van der Waals surface area contributed by atoms with Crippen LogP contribution in [0.2, 0.25) is 0 Å². The zero-order chi connectivity index (χ0) is 12.7. The topological polar surface area (TPSA) is 0 Å². The van der Waals surface area contributed by atoms with Crippen LogP contribution in [-0.2, 0) is 0 Å². The van der Waals surface area contributed by atoms with Gasteiger partial charge < -0.3 is 0 Å². The Balaban J connectivity index is 3.63. The van der Waals surface area contributed by atoms with Crippen molar-refractivity contribution >= 4 is 35.6 Å². The molecule has 17 heavy (non-hydrogen) atoms. The molecule has 0 aliphatic heterocycles. The van der Waals surface area contributed by atoms with Crippen LogP contribution in [0.25, 0.3) is 24.3 Å². The fraction of sp³-hybridized carbons (Fsp3) is 0.125. The zero-order valence-corrected chi connectivity index (χ0v) is 11.3. The first-order valence-corrected chi connectivity index (χ1v) is 6.43. The van der Waals surface area contributed by atoms with Crippen LogP contribution < -0.4 is 9.75 Å². The smallest absolute Gasteiger partial charge is 0.0355 e. The number of hydrogen-bond acceptors (Lipinski definition) is 1. The van der Waals surface area contributed by atoms with Gasteiger partial charge in [0.2, 0.25) is 0 Å². The van der Waals surface area contributed by atoms with E-state index in [9.17, 15) is 0 Å². The highest BCUT2D eigenvalue weighted by Gasteiger charge is 2.02. The number of thiophene rings is 1. The summed E-state index contributed by atoms with van der Waals surface area (Å²) in [6.07, 6.45) is 16.1. The second-order valence-electron chi connectivity index (χ2n) is 3.44. The molecule has 0 N–H and O–H groups in total. The molecule has 0 bridgehead atoms. The standard InChI is InChI=1S/C16H18S/c1-5-9-12-16-14(11-7-3)13(10-6-2)15(8-4)17-16/h5-12H,1-2H2,3-4H3/b11-7-,12-9-,13-10-,15-8+. The Bertz CT molecular complexity index is 565. The third-order valence-electron chi connectivity index (χ3n) is 2.30. The van der Waals surface area contributed by atoms with Crippen molar-refractivity contribution < 1.29 is 0 Å². The fourth-order valence-electron chi connectivity index (χ4n) is 1.62. The van der Waals surface area contributed by atoms with Crippen LogP contribution in [0.4, 0.5) is 0 Å². The second-order valence-corrected chi connectivity index (χ2v) is 4.53. The van der Waals surface area contributed by atoms with E-state index in [0.29, 0.717) is 0 Å². The van der Waals surface area contributed by atoms with E-state index >= 15 is 0 Å². The minimum Gasteiger partial charge on any atom is -0.136 e. The quantitative estimate of drug-likeness (QED) is 0.705. The molecule has 1 heterocycles. The summed E-state index contributed by atoms with van der Waals surface area (Å²) in [5.74, 6) is 0. The molecule has 0 radical (unpaired) electrons. The molecule has 1 aromatic heterocycles. The van der Waals surface area contributed by atoms with E-state index in [0.717, 1.165) is 0 Å². The SMILES string of the molecule is C=C/C=C\c1sc(=C/C)/c(=C\C=C)c1/C=C\C. The summed E-state index contributed by atoms with van der Waals surface area (Å²) in [6.45, 7) is 11.6. The molecule has 0 aliphatic rings. The van der Waals surface area contributed by atoms with Crippen molar-refractivity contribution in [1.82, 2.24) is 0 Å². The molecule has 0 amide bonds. The average Bonchev–Trinajstić information content (AvgIpc) is 2.66. The predicted molar refractivity (Wildman–Crippen MR) is 82.3 cm³/mol. The molecule has 0 unspecified atom stereocenters. The van der Waals surface area contributed by atoms with Crippen LogP contribution in [0.1, 0.15) is 24.3 Å². The summed E-state index contributed by atoms with van der Waals surface area (Å²) in [4.78, 5) is 1.25. The minimum atomic E-state index is 1.24. The summed E-state index contributed by atoms with van der Waals surface area (Å²) in [5, 5.41) is 1.24. The molecule has 0 spiro atoms. The maximum Gasteiger partial charge on any atom is 0.0355 e. The normalized spacial score (nSPS) is 14.0. The van der Waals surface area contributed by atoms with Crippen molar-refractivity contribution in [1.29, 1.82) is 0 Å². The Labute approximate surface area is 107 Å². The van der Waals surface area contributed by atoms with E-state index in [4.69, 9.17) is 0 Å². The van der Waals surface area contributed by atoms with Gasteiger partial charge in [0, 0.05) is 9.41 Å². The summed E-state index contributed by atoms with van der Waals surface area (Å²) >= 11 is 1.79. The fourth-order valence-corrected chi connectivity index (χ4v) is 2.69. The third-order valence-corrected chi connectivity index (χ3v) is 3.56. The molecule has 1 aromatic rings. The number of allylic oxidation sites excluding steroid dienone is 4.